The van der Waals surface area contributed by atoms with Gasteiger partial charge in [0.15, 0.2) is 0 Å². The number of carbonyl (C=O) groups is 1. The summed E-state index contributed by atoms with van der Waals surface area (Å²) in [5, 5.41) is 25.7. The molecule has 8 nitrogen and oxygen atoms in total. The molecule has 0 fully saturated rings. The maximum absolute atomic E-state index is 13.4. The molecule has 0 aliphatic carbocycles. The van der Waals surface area contributed by atoms with Gasteiger partial charge in [0.2, 0.25) is 0 Å². The van der Waals surface area contributed by atoms with Gasteiger partial charge < -0.3 is 4.18 Å². The van der Waals surface area contributed by atoms with Crippen LogP contribution in [0.25, 0.3) is 10.1 Å². The lowest BCUT2D eigenvalue weighted by atomic mass is 10.2. The first-order chi connectivity index (χ1) is 14.5. The van der Waals surface area contributed by atoms with Gasteiger partial charge in [0.05, 0.1) is 19.9 Å². The monoisotopic (exact) mass is 500 g/mol. The average Bonchev–Trinajstić information content (AvgIpc) is 3.12. The van der Waals surface area contributed by atoms with E-state index in [0.29, 0.717) is 31.0 Å². The van der Waals surface area contributed by atoms with Crippen molar-refractivity contribution in [2.45, 2.75) is 9.79 Å². The number of carbonyl (C=O) groups excluding carboxylic acids is 1. The van der Waals surface area contributed by atoms with E-state index in [1.54, 1.807) is 23.3 Å². The molecule has 2 heterocycles. The van der Waals surface area contributed by atoms with E-state index in [0.717, 1.165) is 0 Å². The van der Waals surface area contributed by atoms with Crippen LogP contribution in [0.2, 0.25) is 0 Å². The van der Waals surface area contributed by atoms with Crippen LogP contribution >= 0.6 is 43.5 Å². The standard InChI is InChI=1S/C19H14Cl2N2O6S2/c1-30(9-15(20)13-5-3-11(22(25)26)7-17(13)30)19(24)29-31(2)10-16(21)14-6-4-12(23(27)28)8-18(14)31/h3-10H,1-2H3. The van der Waals surface area contributed by atoms with Crippen molar-refractivity contribution in [2.75, 3.05) is 12.5 Å². The molecule has 4 rings (SSSR count). The summed E-state index contributed by atoms with van der Waals surface area (Å²) in [6.45, 7) is 0. The third-order valence-corrected chi connectivity index (χ3v) is 11.1. The Morgan fingerprint density at radius 1 is 0.871 bits per heavy atom. The van der Waals surface area contributed by atoms with Gasteiger partial charge in [0.1, 0.15) is 0 Å². The molecule has 0 aromatic heterocycles. The molecule has 2 atom stereocenters. The van der Waals surface area contributed by atoms with Crippen LogP contribution in [-0.2, 0) is 4.18 Å². The van der Waals surface area contributed by atoms with Crippen molar-refractivity contribution < 1.29 is 18.8 Å². The van der Waals surface area contributed by atoms with Gasteiger partial charge in [-0.3, -0.25) is 20.2 Å². The highest BCUT2D eigenvalue weighted by Crippen LogP contribution is 2.70. The zero-order valence-corrected chi connectivity index (χ0v) is 19.2. The molecule has 2 aliphatic rings. The second-order valence-corrected chi connectivity index (χ2v) is 13.5. The molecular formula is C19H14Cl2N2O6S2. The molecule has 0 N–H and O–H groups in total. The van der Waals surface area contributed by atoms with Gasteiger partial charge in [0.25, 0.3) is 11.4 Å². The summed E-state index contributed by atoms with van der Waals surface area (Å²) in [4.78, 5) is 35.7. The summed E-state index contributed by atoms with van der Waals surface area (Å²) in [6.07, 6.45) is 3.31. The third-order valence-electron chi connectivity index (χ3n) is 5.02. The Bertz CT molecular complexity index is 1260. The Labute approximate surface area is 189 Å². The number of nitro benzene ring substituents is 2. The lowest BCUT2D eigenvalue weighted by Crippen LogP contribution is -2.13. The number of hydrogen-bond donors (Lipinski definition) is 0. The van der Waals surface area contributed by atoms with Crippen molar-refractivity contribution in [2.24, 2.45) is 0 Å². The number of nitrogens with zero attached hydrogens (tertiary/aromatic N) is 2. The first-order valence-electron chi connectivity index (χ1n) is 8.58. The fraction of sp³-hybridized carbons (Fsp3) is 0.105. The van der Waals surface area contributed by atoms with Crippen LogP contribution < -0.4 is 0 Å². The van der Waals surface area contributed by atoms with Gasteiger partial charge in [-0.1, -0.05) is 33.2 Å². The molecule has 12 heteroatoms. The van der Waals surface area contributed by atoms with E-state index in [-0.39, 0.29) is 11.4 Å². The molecule has 2 aromatic carbocycles. The topological polar surface area (TPSA) is 113 Å². The highest BCUT2D eigenvalue weighted by Gasteiger charge is 2.43. The Morgan fingerprint density at radius 2 is 1.35 bits per heavy atom. The number of nitro groups is 2. The minimum Gasteiger partial charge on any atom is -0.400 e. The van der Waals surface area contributed by atoms with Gasteiger partial charge in [0, 0.05) is 56.8 Å². The predicted octanol–water partition coefficient (Wildman–Crippen LogP) is 6.94. The Hall–Kier alpha value is -2.53. The van der Waals surface area contributed by atoms with Crippen molar-refractivity contribution >= 4 is 70.3 Å². The second kappa shape index (κ2) is 7.27. The lowest BCUT2D eigenvalue weighted by molar-refractivity contribution is -0.385. The Balaban J connectivity index is 1.75. The first kappa shape index (κ1) is 21.7. The molecule has 0 saturated carbocycles. The molecule has 0 bridgehead atoms. The number of benzene rings is 2. The van der Waals surface area contributed by atoms with Crippen LogP contribution in [-0.4, -0.2) is 27.7 Å². The smallest absolute Gasteiger partial charge is 0.368 e. The van der Waals surface area contributed by atoms with Crippen LogP contribution in [0.15, 0.2) is 57.0 Å². The van der Waals surface area contributed by atoms with Crippen LogP contribution in [0.1, 0.15) is 11.1 Å². The molecule has 31 heavy (non-hydrogen) atoms. The molecule has 0 amide bonds. The van der Waals surface area contributed by atoms with E-state index >= 15 is 0 Å². The zero-order chi connectivity index (χ0) is 22.7. The van der Waals surface area contributed by atoms with Crippen molar-refractivity contribution in [1.29, 1.82) is 0 Å². The average molecular weight is 501 g/mol. The summed E-state index contributed by atoms with van der Waals surface area (Å²) >= 11 is 12.6. The number of fused-ring (bicyclic) bond motifs is 2. The van der Waals surface area contributed by atoms with Gasteiger partial charge in [-0.15, -0.1) is 0 Å². The summed E-state index contributed by atoms with van der Waals surface area (Å²) in [5.74, 6) is 0. The number of non-ortho nitro benzene ring substituents is 2. The maximum atomic E-state index is 13.4. The summed E-state index contributed by atoms with van der Waals surface area (Å²) in [7, 11) is -4.89. The largest absolute Gasteiger partial charge is 0.400 e. The minimum absolute atomic E-state index is 0.142. The summed E-state index contributed by atoms with van der Waals surface area (Å²) in [6, 6.07) is 8.40. The van der Waals surface area contributed by atoms with Crippen LogP contribution in [0.5, 0.6) is 0 Å². The minimum atomic E-state index is -2.46. The normalized spacial score (nSPS) is 27.6. The summed E-state index contributed by atoms with van der Waals surface area (Å²) < 4.78 is 5.95. The second-order valence-electron chi connectivity index (χ2n) is 7.03. The van der Waals surface area contributed by atoms with E-state index < -0.39 is 35.5 Å². The van der Waals surface area contributed by atoms with E-state index in [1.807, 2.05) is 0 Å². The molecule has 2 unspecified atom stereocenters. The molecule has 0 spiro atoms. The van der Waals surface area contributed by atoms with Crippen molar-refractivity contribution in [3.63, 3.8) is 0 Å². The molecule has 2 aromatic rings. The number of halogens is 2. The SMILES string of the molecule is CS1(OC(=O)S2(C)C=C(Cl)c3ccc([N+](=O)[O-])cc32)C=C(Cl)c2ccc([N+](=O)[O-])cc21. The van der Waals surface area contributed by atoms with E-state index in [9.17, 15) is 25.0 Å². The van der Waals surface area contributed by atoms with Gasteiger partial charge in [-0.05, 0) is 34.1 Å². The summed E-state index contributed by atoms with van der Waals surface area (Å²) in [5.41, 5.74) is 0.802. The number of rotatable bonds is 3. The highest BCUT2D eigenvalue weighted by atomic mass is 35.5. The van der Waals surface area contributed by atoms with Gasteiger partial charge >= 0.3 is 5.30 Å². The first-order valence-corrected chi connectivity index (χ1v) is 13.5. The Morgan fingerprint density at radius 3 is 1.90 bits per heavy atom. The molecule has 2 aliphatic heterocycles. The van der Waals surface area contributed by atoms with Crippen LogP contribution in [0.3, 0.4) is 0 Å². The molecule has 0 radical (unpaired) electrons. The van der Waals surface area contributed by atoms with Gasteiger partial charge in [-0.2, -0.15) is 0 Å². The third kappa shape index (κ3) is 3.39. The molecular weight excluding hydrogens is 487 g/mol. The number of hydrogen-bond acceptors (Lipinski definition) is 6. The zero-order valence-electron chi connectivity index (χ0n) is 16.0. The Kier molecular flexibility index (Phi) is 5.08. The van der Waals surface area contributed by atoms with Gasteiger partial charge in [-0.25, -0.2) is 4.79 Å². The molecule has 0 saturated heterocycles. The lowest BCUT2D eigenvalue weighted by Gasteiger charge is -2.35. The van der Waals surface area contributed by atoms with Crippen molar-refractivity contribution in [3.8, 4) is 0 Å². The van der Waals surface area contributed by atoms with Crippen molar-refractivity contribution in [1.82, 2.24) is 0 Å². The fourth-order valence-electron chi connectivity index (χ4n) is 3.41. The van der Waals surface area contributed by atoms with E-state index in [4.69, 9.17) is 27.4 Å². The quantitative estimate of drug-likeness (QED) is 0.333. The highest BCUT2D eigenvalue weighted by molar-refractivity contribution is 8.48. The fourth-order valence-corrected chi connectivity index (χ4v) is 9.87. The molecule has 162 valence electrons. The van der Waals surface area contributed by atoms with Crippen LogP contribution in [0.4, 0.5) is 16.2 Å². The van der Waals surface area contributed by atoms with Crippen LogP contribution in [0, 0.1) is 20.2 Å². The maximum Gasteiger partial charge on any atom is 0.368 e. The van der Waals surface area contributed by atoms with E-state index in [1.165, 1.54) is 36.4 Å². The van der Waals surface area contributed by atoms with E-state index in [2.05, 4.69) is 0 Å². The van der Waals surface area contributed by atoms with Crippen molar-refractivity contribution in [3.05, 3.63) is 78.6 Å². The predicted molar refractivity (Wildman–Crippen MR) is 124 cm³/mol.